The molecule has 1 aliphatic carbocycles. The number of aryl methyl sites for hydroxylation is 1. The minimum Gasteiger partial charge on any atom is -0.490 e. The Morgan fingerprint density at radius 3 is 2.79 bits per heavy atom. The Bertz CT molecular complexity index is 419. The lowest BCUT2D eigenvalue weighted by Crippen LogP contribution is -2.29. The van der Waals surface area contributed by atoms with E-state index in [1.54, 1.807) is 0 Å². The average Bonchev–Trinajstić information content (AvgIpc) is 2.37. The summed E-state index contributed by atoms with van der Waals surface area (Å²) in [5.74, 6) is 2.60. The van der Waals surface area contributed by atoms with Crippen LogP contribution in [0.1, 0.15) is 44.4 Å². The molecule has 1 aromatic heterocycles. The van der Waals surface area contributed by atoms with Crippen LogP contribution >= 0.6 is 0 Å². The first-order valence-electron chi connectivity index (χ1n) is 7.37. The lowest BCUT2D eigenvalue weighted by Gasteiger charge is -2.32. The van der Waals surface area contributed by atoms with Gasteiger partial charge in [-0.05, 0) is 45.1 Å². The van der Waals surface area contributed by atoms with Gasteiger partial charge in [-0.3, -0.25) is 4.98 Å². The largest absolute Gasteiger partial charge is 0.490 e. The molecule has 0 aliphatic heterocycles. The van der Waals surface area contributed by atoms with Crippen LogP contribution in [0.25, 0.3) is 0 Å². The summed E-state index contributed by atoms with van der Waals surface area (Å²) in [5.41, 5.74) is 2.17. The highest BCUT2D eigenvalue weighted by Gasteiger charge is 2.26. The van der Waals surface area contributed by atoms with Crippen LogP contribution in [0.3, 0.4) is 0 Å². The summed E-state index contributed by atoms with van der Waals surface area (Å²) in [5, 5.41) is 3.18. The second-order valence-corrected chi connectivity index (χ2v) is 5.97. The van der Waals surface area contributed by atoms with Crippen LogP contribution < -0.4 is 10.1 Å². The van der Waals surface area contributed by atoms with E-state index in [1.807, 2.05) is 20.2 Å². The summed E-state index contributed by atoms with van der Waals surface area (Å²) in [7, 11) is 1.95. The van der Waals surface area contributed by atoms with E-state index < -0.39 is 0 Å². The maximum absolute atomic E-state index is 6.26. The number of ether oxygens (including phenoxy) is 1. The zero-order valence-corrected chi connectivity index (χ0v) is 12.6. The summed E-state index contributed by atoms with van der Waals surface area (Å²) in [4.78, 5) is 4.36. The minimum atomic E-state index is 0.364. The van der Waals surface area contributed by atoms with Crippen LogP contribution in [-0.2, 0) is 6.54 Å². The maximum atomic E-state index is 6.26. The second-order valence-electron chi connectivity index (χ2n) is 5.97. The monoisotopic (exact) mass is 262 g/mol. The molecular weight excluding hydrogens is 236 g/mol. The molecule has 0 radical (unpaired) electrons. The topological polar surface area (TPSA) is 34.2 Å². The number of nitrogens with zero attached hydrogens (tertiary/aromatic N) is 1. The maximum Gasteiger partial charge on any atom is 0.127 e. The molecule has 0 aromatic carbocycles. The molecule has 2 rings (SSSR count). The van der Waals surface area contributed by atoms with Crippen molar-refractivity contribution in [2.75, 3.05) is 7.05 Å². The predicted octanol–water partition coefficient (Wildman–Crippen LogP) is 3.31. The average molecular weight is 262 g/mol. The number of hydrogen-bond acceptors (Lipinski definition) is 3. The molecule has 1 fully saturated rings. The molecule has 3 nitrogen and oxygen atoms in total. The summed E-state index contributed by atoms with van der Waals surface area (Å²) in [6.07, 6.45) is 5.91. The molecule has 3 atom stereocenters. The van der Waals surface area contributed by atoms with E-state index in [9.17, 15) is 0 Å². The highest BCUT2D eigenvalue weighted by Crippen LogP contribution is 2.32. The number of rotatable bonds is 4. The molecule has 1 aliphatic rings. The van der Waals surface area contributed by atoms with E-state index in [4.69, 9.17) is 4.74 Å². The highest BCUT2D eigenvalue weighted by atomic mass is 16.5. The summed E-state index contributed by atoms with van der Waals surface area (Å²) < 4.78 is 6.26. The fourth-order valence-electron chi connectivity index (χ4n) is 2.78. The van der Waals surface area contributed by atoms with Crippen LogP contribution in [0.2, 0.25) is 0 Å². The third-order valence-corrected chi connectivity index (χ3v) is 4.29. The molecule has 106 valence electrons. The van der Waals surface area contributed by atoms with Gasteiger partial charge in [-0.1, -0.05) is 13.8 Å². The van der Waals surface area contributed by atoms with Gasteiger partial charge in [0.15, 0.2) is 0 Å². The van der Waals surface area contributed by atoms with Crippen LogP contribution in [-0.4, -0.2) is 18.1 Å². The van der Waals surface area contributed by atoms with Crippen LogP contribution in [0.15, 0.2) is 12.3 Å². The van der Waals surface area contributed by atoms with Crippen molar-refractivity contribution in [2.24, 2.45) is 11.8 Å². The minimum absolute atomic E-state index is 0.364. The zero-order chi connectivity index (χ0) is 13.8. The first kappa shape index (κ1) is 14.3. The predicted molar refractivity (Wildman–Crippen MR) is 78.3 cm³/mol. The van der Waals surface area contributed by atoms with Gasteiger partial charge < -0.3 is 10.1 Å². The lowest BCUT2D eigenvalue weighted by molar-refractivity contribution is 0.0994. The zero-order valence-electron chi connectivity index (χ0n) is 12.6. The fourth-order valence-corrected chi connectivity index (χ4v) is 2.78. The third kappa shape index (κ3) is 3.69. The smallest absolute Gasteiger partial charge is 0.127 e. The van der Waals surface area contributed by atoms with Crippen molar-refractivity contribution in [1.29, 1.82) is 0 Å². The van der Waals surface area contributed by atoms with Gasteiger partial charge in [0.05, 0.1) is 6.10 Å². The van der Waals surface area contributed by atoms with E-state index in [1.165, 1.54) is 19.3 Å². The van der Waals surface area contributed by atoms with Crippen molar-refractivity contribution in [2.45, 2.75) is 52.7 Å². The molecule has 1 aromatic rings. The van der Waals surface area contributed by atoms with Crippen molar-refractivity contribution in [3.05, 3.63) is 23.5 Å². The van der Waals surface area contributed by atoms with E-state index in [0.717, 1.165) is 35.4 Å². The fraction of sp³-hybridized carbons (Fsp3) is 0.688. The van der Waals surface area contributed by atoms with Gasteiger partial charge in [-0.2, -0.15) is 0 Å². The highest BCUT2D eigenvalue weighted by molar-refractivity contribution is 5.33. The van der Waals surface area contributed by atoms with Gasteiger partial charge in [-0.25, -0.2) is 0 Å². The summed E-state index contributed by atoms with van der Waals surface area (Å²) >= 11 is 0. The molecule has 1 heterocycles. The Morgan fingerprint density at radius 1 is 1.32 bits per heavy atom. The quantitative estimate of drug-likeness (QED) is 0.904. The van der Waals surface area contributed by atoms with Crippen molar-refractivity contribution >= 4 is 0 Å². The van der Waals surface area contributed by atoms with E-state index in [-0.39, 0.29) is 0 Å². The third-order valence-electron chi connectivity index (χ3n) is 4.29. The number of hydrogen-bond donors (Lipinski definition) is 1. The van der Waals surface area contributed by atoms with Gasteiger partial charge in [-0.15, -0.1) is 0 Å². The van der Waals surface area contributed by atoms with Crippen LogP contribution in [0.5, 0.6) is 5.75 Å². The van der Waals surface area contributed by atoms with Crippen molar-refractivity contribution in [1.82, 2.24) is 10.3 Å². The summed E-state index contributed by atoms with van der Waals surface area (Å²) in [6, 6.07) is 2.06. The van der Waals surface area contributed by atoms with Crippen LogP contribution in [0, 0.1) is 18.8 Å². The van der Waals surface area contributed by atoms with Gasteiger partial charge in [0.1, 0.15) is 5.75 Å². The number of nitrogens with one attached hydrogen (secondary N) is 1. The number of aromatic nitrogens is 1. The molecule has 0 saturated heterocycles. The Hall–Kier alpha value is -1.09. The van der Waals surface area contributed by atoms with Crippen molar-refractivity contribution in [3.8, 4) is 5.75 Å². The Kier molecular flexibility index (Phi) is 4.81. The molecular formula is C16H26N2O. The van der Waals surface area contributed by atoms with Gasteiger partial charge in [0.25, 0.3) is 0 Å². The Morgan fingerprint density at radius 2 is 2.11 bits per heavy atom. The first-order valence-corrected chi connectivity index (χ1v) is 7.37. The summed E-state index contributed by atoms with van der Waals surface area (Å²) in [6.45, 7) is 7.51. The Labute approximate surface area is 116 Å². The SMILES string of the molecule is CNCc1cnc(C)cc1OC1CCC(C)C(C)C1. The van der Waals surface area contributed by atoms with Gasteiger partial charge in [0.2, 0.25) is 0 Å². The molecule has 3 heteroatoms. The Balaban J connectivity index is 2.07. The lowest BCUT2D eigenvalue weighted by atomic mass is 9.80. The standard InChI is InChI=1S/C16H26N2O/c1-11-5-6-15(7-12(11)2)19-16-8-13(3)18-10-14(16)9-17-4/h8,10-12,15,17H,5-7,9H2,1-4H3. The molecule has 1 N–H and O–H groups in total. The first-order chi connectivity index (χ1) is 9.10. The van der Waals surface area contributed by atoms with E-state index in [0.29, 0.717) is 6.10 Å². The molecule has 0 spiro atoms. The normalized spacial score (nSPS) is 27.3. The van der Waals surface area contributed by atoms with Gasteiger partial charge >= 0.3 is 0 Å². The van der Waals surface area contributed by atoms with Crippen LogP contribution in [0.4, 0.5) is 0 Å². The van der Waals surface area contributed by atoms with Crippen molar-refractivity contribution < 1.29 is 4.74 Å². The van der Waals surface area contributed by atoms with Gasteiger partial charge in [0, 0.05) is 30.1 Å². The molecule has 19 heavy (non-hydrogen) atoms. The second kappa shape index (κ2) is 6.38. The molecule has 3 unspecified atom stereocenters. The van der Waals surface area contributed by atoms with E-state index in [2.05, 4.69) is 30.2 Å². The molecule has 0 bridgehead atoms. The number of pyridine rings is 1. The van der Waals surface area contributed by atoms with Crippen molar-refractivity contribution in [3.63, 3.8) is 0 Å². The molecule has 0 amide bonds. The van der Waals surface area contributed by atoms with E-state index >= 15 is 0 Å². The molecule has 1 saturated carbocycles.